The fourth-order valence-electron chi connectivity index (χ4n) is 4.07. The van der Waals surface area contributed by atoms with Crippen molar-refractivity contribution in [2.75, 3.05) is 33.4 Å². The monoisotopic (exact) mass is 509 g/mol. The zero-order chi connectivity index (χ0) is 26.5. The summed E-state index contributed by atoms with van der Waals surface area (Å²) < 4.78 is 16.3. The largest absolute Gasteiger partial charge is 0.497 e. The third kappa shape index (κ3) is 8.77. The maximum absolute atomic E-state index is 12.7. The number of benzene rings is 2. The number of carbonyl (C=O) groups is 2. The highest BCUT2D eigenvalue weighted by atomic mass is 16.6. The third-order valence-electron chi connectivity index (χ3n) is 6.13. The van der Waals surface area contributed by atoms with Crippen LogP contribution in [-0.4, -0.2) is 56.3 Å². The number of hydrogen-bond acceptors (Lipinski definition) is 8. The quantitative estimate of drug-likeness (QED) is 0.246. The van der Waals surface area contributed by atoms with Crippen molar-refractivity contribution in [2.24, 2.45) is 0 Å². The fourth-order valence-corrected chi connectivity index (χ4v) is 4.07. The summed E-state index contributed by atoms with van der Waals surface area (Å²) in [7, 11) is 1.58. The van der Waals surface area contributed by atoms with Crippen molar-refractivity contribution in [1.82, 2.24) is 10.6 Å². The Morgan fingerprint density at radius 2 is 1.78 bits per heavy atom. The molecule has 1 aliphatic heterocycles. The number of rotatable bonds is 15. The number of unbranched alkanes of at least 4 members (excludes halogenated alkanes) is 2. The van der Waals surface area contributed by atoms with Gasteiger partial charge in [0.2, 0.25) is 5.91 Å². The van der Waals surface area contributed by atoms with E-state index in [4.69, 9.17) is 19.5 Å². The highest BCUT2D eigenvalue weighted by molar-refractivity contribution is 5.96. The third-order valence-corrected chi connectivity index (χ3v) is 6.13. The van der Waals surface area contributed by atoms with Crippen LogP contribution in [0, 0.1) is 11.3 Å². The number of nitrogens with one attached hydrogen (secondary N) is 2. The average Bonchev–Trinajstić information content (AvgIpc) is 2.93. The molecule has 0 saturated carbocycles. The van der Waals surface area contributed by atoms with Crippen LogP contribution in [0.2, 0.25) is 0 Å². The minimum atomic E-state index is -0.975. The topological polar surface area (TPSA) is 130 Å². The SMILES string of the molecule is COc1ccc(C(=O)CCCCCC(=O)N[C@H](CNCCC#N)C(O)c2ccc3c(c2)OCCO3)cc1. The van der Waals surface area contributed by atoms with Gasteiger partial charge in [-0.05, 0) is 54.8 Å². The van der Waals surface area contributed by atoms with Gasteiger partial charge in [-0.3, -0.25) is 9.59 Å². The number of ketones is 1. The summed E-state index contributed by atoms with van der Waals surface area (Å²) in [5.41, 5.74) is 1.26. The van der Waals surface area contributed by atoms with Gasteiger partial charge in [0, 0.05) is 37.9 Å². The Hall–Kier alpha value is -3.61. The molecule has 198 valence electrons. The zero-order valence-electron chi connectivity index (χ0n) is 21.2. The Morgan fingerprint density at radius 1 is 1.05 bits per heavy atom. The molecule has 0 fully saturated rings. The lowest BCUT2D eigenvalue weighted by Gasteiger charge is -2.26. The first-order chi connectivity index (χ1) is 18.0. The van der Waals surface area contributed by atoms with Crippen LogP contribution in [0.15, 0.2) is 42.5 Å². The summed E-state index contributed by atoms with van der Waals surface area (Å²) in [5, 5.41) is 25.9. The van der Waals surface area contributed by atoms with Crippen LogP contribution in [0.3, 0.4) is 0 Å². The van der Waals surface area contributed by atoms with Gasteiger partial charge in [-0.1, -0.05) is 12.5 Å². The van der Waals surface area contributed by atoms with E-state index in [1.165, 1.54) is 0 Å². The summed E-state index contributed by atoms with van der Waals surface area (Å²) in [6, 6.07) is 13.8. The smallest absolute Gasteiger partial charge is 0.220 e. The number of nitriles is 1. The number of aliphatic hydroxyl groups is 1. The molecule has 37 heavy (non-hydrogen) atoms. The normalized spacial score (nSPS) is 13.8. The lowest BCUT2D eigenvalue weighted by Crippen LogP contribution is -2.46. The summed E-state index contributed by atoms with van der Waals surface area (Å²) in [6.07, 6.45) is 2.13. The summed E-state index contributed by atoms with van der Waals surface area (Å²) in [6.45, 7) is 1.68. The van der Waals surface area contributed by atoms with Crippen LogP contribution >= 0.6 is 0 Å². The summed E-state index contributed by atoms with van der Waals surface area (Å²) in [5.74, 6) is 1.79. The predicted octanol–water partition coefficient (Wildman–Crippen LogP) is 3.32. The number of hydrogen-bond donors (Lipinski definition) is 3. The molecule has 0 bridgehead atoms. The maximum Gasteiger partial charge on any atom is 0.220 e. The first-order valence-electron chi connectivity index (χ1n) is 12.6. The number of nitrogens with zero attached hydrogens (tertiary/aromatic N) is 1. The fraction of sp³-hybridized carbons (Fsp3) is 0.464. The van der Waals surface area contributed by atoms with Gasteiger partial charge in [0.1, 0.15) is 25.1 Å². The van der Waals surface area contributed by atoms with Crippen LogP contribution in [0.1, 0.15) is 60.6 Å². The zero-order valence-corrected chi connectivity index (χ0v) is 21.2. The van der Waals surface area contributed by atoms with E-state index in [9.17, 15) is 14.7 Å². The van der Waals surface area contributed by atoms with Crippen LogP contribution in [0.25, 0.3) is 0 Å². The van der Waals surface area contributed by atoms with Gasteiger partial charge in [-0.2, -0.15) is 5.26 Å². The van der Waals surface area contributed by atoms with Gasteiger partial charge in [-0.25, -0.2) is 0 Å². The molecule has 0 aliphatic carbocycles. The Kier molecular flexibility index (Phi) is 11.2. The molecule has 1 aliphatic rings. The van der Waals surface area contributed by atoms with Crippen LogP contribution < -0.4 is 24.8 Å². The lowest BCUT2D eigenvalue weighted by atomic mass is 10.0. The van der Waals surface area contributed by atoms with E-state index in [2.05, 4.69) is 16.7 Å². The lowest BCUT2D eigenvalue weighted by molar-refractivity contribution is -0.122. The van der Waals surface area contributed by atoms with Gasteiger partial charge in [0.25, 0.3) is 0 Å². The minimum Gasteiger partial charge on any atom is -0.497 e. The van der Waals surface area contributed by atoms with Crippen molar-refractivity contribution in [3.8, 4) is 23.3 Å². The molecule has 2 aromatic rings. The standard InChI is InChI=1S/C28H35N3O6/c1-35-22-11-8-20(9-12-22)24(32)6-3-2-4-7-27(33)31-23(19-30-15-5-14-29)28(34)21-10-13-25-26(18-21)37-17-16-36-25/h8-13,18,23,28,30,34H,2-7,15-17,19H2,1H3,(H,31,33)/t23-,28?/m1/s1. The Bertz CT molecular complexity index is 1070. The van der Waals surface area contributed by atoms with E-state index in [1.807, 2.05) is 0 Å². The molecular weight excluding hydrogens is 474 g/mol. The van der Waals surface area contributed by atoms with E-state index in [0.717, 1.165) is 6.42 Å². The van der Waals surface area contributed by atoms with Gasteiger partial charge < -0.3 is 30.0 Å². The first-order valence-corrected chi connectivity index (χ1v) is 12.6. The number of aliphatic hydroxyl groups excluding tert-OH is 1. The van der Waals surface area contributed by atoms with Crippen molar-refractivity contribution in [1.29, 1.82) is 5.26 Å². The predicted molar refractivity (Wildman–Crippen MR) is 138 cm³/mol. The Morgan fingerprint density at radius 3 is 2.51 bits per heavy atom. The number of amides is 1. The number of fused-ring (bicyclic) bond motifs is 1. The molecule has 1 heterocycles. The van der Waals surface area contributed by atoms with E-state index in [0.29, 0.717) is 86.8 Å². The summed E-state index contributed by atoms with van der Waals surface area (Å²) >= 11 is 0. The van der Waals surface area contributed by atoms with E-state index in [1.54, 1.807) is 49.6 Å². The highest BCUT2D eigenvalue weighted by Crippen LogP contribution is 2.33. The van der Waals surface area contributed by atoms with Crippen molar-refractivity contribution in [2.45, 2.75) is 50.7 Å². The van der Waals surface area contributed by atoms with Crippen molar-refractivity contribution in [3.05, 3.63) is 53.6 Å². The van der Waals surface area contributed by atoms with Crippen LogP contribution in [-0.2, 0) is 4.79 Å². The average molecular weight is 510 g/mol. The second kappa shape index (κ2) is 14.8. The van der Waals surface area contributed by atoms with Crippen molar-refractivity contribution >= 4 is 11.7 Å². The van der Waals surface area contributed by atoms with Crippen molar-refractivity contribution in [3.63, 3.8) is 0 Å². The number of methoxy groups -OCH3 is 1. The van der Waals surface area contributed by atoms with Crippen LogP contribution in [0.5, 0.6) is 17.2 Å². The molecular formula is C28H35N3O6. The molecule has 9 heteroatoms. The van der Waals surface area contributed by atoms with Gasteiger partial charge >= 0.3 is 0 Å². The minimum absolute atomic E-state index is 0.0677. The molecule has 0 saturated heterocycles. The number of ether oxygens (including phenoxy) is 3. The van der Waals surface area contributed by atoms with E-state index < -0.39 is 12.1 Å². The number of carbonyl (C=O) groups excluding carboxylic acids is 2. The van der Waals surface area contributed by atoms with Gasteiger partial charge in [-0.15, -0.1) is 0 Å². The molecule has 3 N–H and O–H groups in total. The Balaban J connectivity index is 1.47. The molecule has 0 spiro atoms. The molecule has 1 amide bonds. The molecule has 1 unspecified atom stereocenters. The Labute approximate surface area is 217 Å². The molecule has 9 nitrogen and oxygen atoms in total. The van der Waals surface area contributed by atoms with Gasteiger partial charge in [0.05, 0.1) is 19.2 Å². The summed E-state index contributed by atoms with van der Waals surface area (Å²) in [4.78, 5) is 25.0. The second-order valence-corrected chi connectivity index (χ2v) is 8.85. The van der Waals surface area contributed by atoms with E-state index >= 15 is 0 Å². The molecule has 0 radical (unpaired) electrons. The molecule has 3 rings (SSSR count). The van der Waals surface area contributed by atoms with Crippen molar-refractivity contribution < 1.29 is 28.9 Å². The molecule has 2 aromatic carbocycles. The number of Topliss-reactive ketones (excluding diaryl/α,β-unsaturated/α-hetero) is 1. The highest BCUT2D eigenvalue weighted by Gasteiger charge is 2.24. The van der Waals surface area contributed by atoms with Gasteiger partial charge in [0.15, 0.2) is 17.3 Å². The maximum atomic E-state index is 12.7. The molecule has 2 atom stereocenters. The molecule has 0 aromatic heterocycles. The van der Waals surface area contributed by atoms with E-state index in [-0.39, 0.29) is 11.7 Å². The second-order valence-electron chi connectivity index (χ2n) is 8.85. The van der Waals surface area contributed by atoms with Crippen LogP contribution in [0.4, 0.5) is 0 Å². The first kappa shape index (κ1) is 28.0.